The van der Waals surface area contributed by atoms with Crippen molar-refractivity contribution in [2.45, 2.75) is 25.5 Å². The van der Waals surface area contributed by atoms with Crippen molar-refractivity contribution in [1.82, 2.24) is 0 Å². The van der Waals surface area contributed by atoms with Crippen molar-refractivity contribution in [3.8, 4) is 0 Å². The van der Waals surface area contributed by atoms with Gasteiger partial charge < -0.3 is 5.11 Å². The van der Waals surface area contributed by atoms with Crippen molar-refractivity contribution in [2.75, 3.05) is 5.75 Å². The smallest absolute Gasteiger partial charge is 0.321 e. The van der Waals surface area contributed by atoms with Gasteiger partial charge in [0.1, 0.15) is 5.78 Å². The van der Waals surface area contributed by atoms with Crippen molar-refractivity contribution in [3.63, 3.8) is 0 Å². The van der Waals surface area contributed by atoms with E-state index in [1.165, 1.54) is 6.92 Å². The van der Waals surface area contributed by atoms with Gasteiger partial charge in [-0.2, -0.15) is 0 Å². The first-order chi connectivity index (χ1) is 5.77. The molecule has 6 heteroatoms. The quantitative estimate of drug-likeness (QED) is 0.679. The molecule has 1 unspecified atom stereocenters. The van der Waals surface area contributed by atoms with E-state index in [4.69, 9.17) is 5.11 Å². The Hall–Kier alpha value is -0.910. The zero-order valence-corrected chi connectivity index (χ0v) is 8.30. The van der Waals surface area contributed by atoms with Gasteiger partial charge in [-0.15, -0.1) is 0 Å². The molecule has 0 saturated heterocycles. The van der Waals surface area contributed by atoms with Gasteiger partial charge in [-0.05, 0) is 13.8 Å². The molecule has 0 aromatic rings. The summed E-state index contributed by atoms with van der Waals surface area (Å²) in [4.78, 5) is 20.8. The Kier molecular flexibility index (Phi) is 4.06. The monoisotopic (exact) mass is 208 g/mol. The number of hydrogen-bond donors (Lipinski definition) is 1. The number of hydrogen-bond acceptors (Lipinski definition) is 4. The molecule has 1 atom stereocenters. The predicted molar refractivity (Wildman–Crippen MR) is 46.2 cm³/mol. The van der Waals surface area contributed by atoms with Crippen LogP contribution in [0.3, 0.4) is 0 Å². The van der Waals surface area contributed by atoms with Gasteiger partial charge in [0.15, 0.2) is 15.1 Å². The lowest BCUT2D eigenvalue weighted by Crippen LogP contribution is -2.29. The molecule has 13 heavy (non-hydrogen) atoms. The van der Waals surface area contributed by atoms with E-state index in [0.29, 0.717) is 0 Å². The van der Waals surface area contributed by atoms with Gasteiger partial charge in [0.05, 0.1) is 5.75 Å². The molecule has 5 nitrogen and oxygen atoms in total. The highest BCUT2D eigenvalue weighted by Gasteiger charge is 2.27. The molecule has 0 radical (unpaired) electrons. The molecule has 0 spiro atoms. The Morgan fingerprint density at radius 2 is 1.85 bits per heavy atom. The maximum atomic E-state index is 11.1. The molecular weight excluding hydrogens is 196 g/mol. The molecular formula is C7H12O5S. The lowest BCUT2D eigenvalue weighted by atomic mass is 10.4. The maximum Gasteiger partial charge on any atom is 0.321 e. The Bertz CT molecular complexity index is 303. The normalized spacial score (nSPS) is 13.7. The summed E-state index contributed by atoms with van der Waals surface area (Å²) in [5.74, 6) is -2.04. The van der Waals surface area contributed by atoms with Crippen LogP contribution in [0.4, 0.5) is 0 Å². The van der Waals surface area contributed by atoms with Crippen molar-refractivity contribution in [2.24, 2.45) is 0 Å². The summed E-state index contributed by atoms with van der Waals surface area (Å²) >= 11 is 0. The second-order valence-electron chi connectivity index (χ2n) is 2.80. The minimum Gasteiger partial charge on any atom is -0.480 e. The highest BCUT2D eigenvalue weighted by molar-refractivity contribution is 7.92. The van der Waals surface area contributed by atoms with E-state index in [-0.39, 0.29) is 12.2 Å². The Morgan fingerprint density at radius 1 is 1.38 bits per heavy atom. The van der Waals surface area contributed by atoms with Crippen LogP contribution in [0.25, 0.3) is 0 Å². The molecule has 1 N–H and O–H groups in total. The average Bonchev–Trinajstić information content (AvgIpc) is 1.99. The third-order valence-electron chi connectivity index (χ3n) is 1.63. The standard InChI is InChI=1S/C7H12O5S/c1-5(8)3-4-13(11,12)6(2)7(9)10/h6H,3-4H2,1-2H3,(H,9,10). The molecule has 0 rings (SSSR count). The number of carbonyl (C=O) groups excluding carboxylic acids is 1. The number of carbonyl (C=O) groups is 2. The first-order valence-electron chi connectivity index (χ1n) is 3.71. The molecule has 76 valence electrons. The molecule has 0 aromatic carbocycles. The van der Waals surface area contributed by atoms with Gasteiger partial charge in [-0.25, -0.2) is 8.42 Å². The summed E-state index contributed by atoms with van der Waals surface area (Å²) in [6.07, 6.45) is -0.125. The first-order valence-corrected chi connectivity index (χ1v) is 5.42. The Morgan fingerprint density at radius 3 is 2.15 bits per heavy atom. The van der Waals surface area contributed by atoms with Gasteiger partial charge in [-0.3, -0.25) is 9.59 Å². The summed E-state index contributed by atoms with van der Waals surface area (Å²) in [7, 11) is -3.67. The molecule has 0 fully saturated rings. The summed E-state index contributed by atoms with van der Waals surface area (Å²) in [5.41, 5.74) is 0. The van der Waals surface area contributed by atoms with Crippen LogP contribution in [0.15, 0.2) is 0 Å². The van der Waals surface area contributed by atoms with E-state index in [1.807, 2.05) is 0 Å². The van der Waals surface area contributed by atoms with E-state index >= 15 is 0 Å². The van der Waals surface area contributed by atoms with E-state index in [0.717, 1.165) is 6.92 Å². The fourth-order valence-electron chi connectivity index (χ4n) is 0.616. The molecule has 0 saturated carbocycles. The number of Topliss-reactive ketones (excluding diaryl/α,β-unsaturated/α-hetero) is 1. The zero-order chi connectivity index (χ0) is 10.6. The molecule has 0 aliphatic heterocycles. The van der Waals surface area contributed by atoms with Gasteiger partial charge in [0.2, 0.25) is 0 Å². The minimum absolute atomic E-state index is 0.125. The van der Waals surface area contributed by atoms with Crippen LogP contribution in [0.5, 0.6) is 0 Å². The Labute approximate surface area is 76.7 Å². The van der Waals surface area contributed by atoms with Crippen LogP contribution in [0.2, 0.25) is 0 Å². The van der Waals surface area contributed by atoms with Crippen molar-refractivity contribution >= 4 is 21.6 Å². The summed E-state index contributed by atoms with van der Waals surface area (Å²) in [6, 6.07) is 0. The summed E-state index contributed by atoms with van der Waals surface area (Å²) in [6.45, 7) is 2.36. The SMILES string of the molecule is CC(=O)CCS(=O)(=O)C(C)C(=O)O. The van der Waals surface area contributed by atoms with Crippen LogP contribution in [0.1, 0.15) is 20.3 Å². The van der Waals surface area contributed by atoms with E-state index in [9.17, 15) is 18.0 Å². The largest absolute Gasteiger partial charge is 0.480 e. The summed E-state index contributed by atoms with van der Waals surface area (Å²) < 4.78 is 22.3. The van der Waals surface area contributed by atoms with E-state index in [1.54, 1.807) is 0 Å². The van der Waals surface area contributed by atoms with E-state index in [2.05, 4.69) is 0 Å². The van der Waals surface area contributed by atoms with Gasteiger partial charge >= 0.3 is 5.97 Å². The van der Waals surface area contributed by atoms with Crippen LogP contribution in [-0.2, 0) is 19.4 Å². The fraction of sp³-hybridized carbons (Fsp3) is 0.714. The highest BCUT2D eigenvalue weighted by atomic mass is 32.2. The number of sulfone groups is 1. The number of aliphatic carboxylic acids is 1. The van der Waals surface area contributed by atoms with Gasteiger partial charge in [0.25, 0.3) is 0 Å². The topological polar surface area (TPSA) is 88.5 Å². The predicted octanol–water partition coefficient (Wildman–Crippen LogP) is -0.147. The third-order valence-corrected chi connectivity index (χ3v) is 3.68. The Balaban J connectivity index is 4.41. The third kappa shape index (κ3) is 4.02. The van der Waals surface area contributed by atoms with E-state index < -0.39 is 26.8 Å². The number of rotatable bonds is 5. The molecule has 0 heterocycles. The molecule has 0 aliphatic carbocycles. The lowest BCUT2D eigenvalue weighted by Gasteiger charge is -2.06. The number of ketones is 1. The number of carboxylic acid groups (broad SMARTS) is 1. The van der Waals surface area contributed by atoms with Gasteiger partial charge in [0, 0.05) is 6.42 Å². The fourth-order valence-corrected chi connectivity index (χ4v) is 1.85. The lowest BCUT2D eigenvalue weighted by molar-refractivity contribution is -0.136. The second kappa shape index (κ2) is 4.36. The van der Waals surface area contributed by atoms with Crippen molar-refractivity contribution < 1.29 is 23.1 Å². The summed E-state index contributed by atoms with van der Waals surface area (Å²) in [5, 5.41) is 6.98. The van der Waals surface area contributed by atoms with Crippen LogP contribution >= 0.6 is 0 Å². The molecule has 0 bridgehead atoms. The van der Waals surface area contributed by atoms with Crippen LogP contribution in [-0.4, -0.2) is 36.3 Å². The van der Waals surface area contributed by atoms with Crippen molar-refractivity contribution in [1.29, 1.82) is 0 Å². The zero-order valence-electron chi connectivity index (χ0n) is 7.48. The maximum absolute atomic E-state index is 11.1. The second-order valence-corrected chi connectivity index (χ2v) is 5.24. The first kappa shape index (κ1) is 12.1. The van der Waals surface area contributed by atoms with Crippen LogP contribution < -0.4 is 0 Å². The van der Waals surface area contributed by atoms with Gasteiger partial charge in [-0.1, -0.05) is 0 Å². The molecule has 0 aromatic heterocycles. The average molecular weight is 208 g/mol. The van der Waals surface area contributed by atoms with Crippen molar-refractivity contribution in [3.05, 3.63) is 0 Å². The molecule has 0 aliphatic rings. The highest BCUT2D eigenvalue weighted by Crippen LogP contribution is 2.04. The minimum atomic E-state index is -3.67. The van der Waals surface area contributed by atoms with Crippen LogP contribution in [0, 0.1) is 0 Å². The molecule has 0 amide bonds. The number of carboxylic acids is 1.